The molecule has 2 nitrogen and oxygen atoms in total. The number of hydrogen-bond donors (Lipinski definition) is 1. The molecule has 0 aromatic heterocycles. The van der Waals surface area contributed by atoms with Crippen LogP contribution < -0.4 is 5.73 Å². The third-order valence-corrected chi connectivity index (χ3v) is 2.08. The van der Waals surface area contributed by atoms with Gasteiger partial charge in [0.05, 0.1) is 0 Å². The average Bonchev–Trinajstić information content (AvgIpc) is 1.85. The van der Waals surface area contributed by atoms with Crippen molar-refractivity contribution in [3.63, 3.8) is 0 Å². The van der Waals surface area contributed by atoms with Crippen LogP contribution in [-0.4, -0.2) is 12.3 Å². The van der Waals surface area contributed by atoms with Gasteiger partial charge in [0.1, 0.15) is 5.78 Å². The average molecular weight is 171 g/mol. The van der Waals surface area contributed by atoms with Crippen molar-refractivity contribution in [3.8, 4) is 0 Å². The highest BCUT2D eigenvalue weighted by molar-refractivity contribution is 5.81. The van der Waals surface area contributed by atoms with E-state index in [9.17, 15) is 4.79 Å². The molecule has 72 valence electrons. The lowest BCUT2D eigenvalue weighted by molar-refractivity contribution is -0.124. The van der Waals surface area contributed by atoms with Crippen LogP contribution in [0.15, 0.2) is 0 Å². The van der Waals surface area contributed by atoms with Crippen LogP contribution in [0.1, 0.15) is 34.1 Å². The lowest BCUT2D eigenvalue weighted by Gasteiger charge is -2.18. The summed E-state index contributed by atoms with van der Waals surface area (Å²) in [6.45, 7) is 8.71. The molecule has 0 aliphatic carbocycles. The molecule has 0 rings (SSSR count). The van der Waals surface area contributed by atoms with Gasteiger partial charge in [-0.1, -0.05) is 27.7 Å². The van der Waals surface area contributed by atoms with Crippen molar-refractivity contribution >= 4 is 5.78 Å². The van der Waals surface area contributed by atoms with Gasteiger partial charge in [0.15, 0.2) is 0 Å². The van der Waals surface area contributed by atoms with Crippen LogP contribution in [0.5, 0.6) is 0 Å². The van der Waals surface area contributed by atoms with Crippen molar-refractivity contribution in [2.75, 3.05) is 6.54 Å². The van der Waals surface area contributed by atoms with Crippen molar-refractivity contribution in [3.05, 3.63) is 0 Å². The molecule has 0 bridgehead atoms. The largest absolute Gasteiger partial charge is 0.330 e. The van der Waals surface area contributed by atoms with Gasteiger partial charge in [0.25, 0.3) is 0 Å². The normalized spacial score (nSPS) is 13.9. The van der Waals surface area contributed by atoms with E-state index in [1.807, 2.05) is 0 Å². The van der Waals surface area contributed by atoms with Gasteiger partial charge in [-0.05, 0) is 11.8 Å². The first-order chi connectivity index (χ1) is 5.49. The zero-order chi connectivity index (χ0) is 9.72. The summed E-state index contributed by atoms with van der Waals surface area (Å²) in [6.07, 6.45) is 0.667. The van der Waals surface area contributed by atoms with E-state index in [0.29, 0.717) is 30.6 Å². The predicted molar refractivity (Wildman–Crippen MR) is 51.8 cm³/mol. The fourth-order valence-corrected chi connectivity index (χ4v) is 1.33. The summed E-state index contributed by atoms with van der Waals surface area (Å²) >= 11 is 0. The second-order valence-electron chi connectivity index (χ2n) is 4.15. The van der Waals surface area contributed by atoms with Gasteiger partial charge < -0.3 is 5.73 Å². The Morgan fingerprint density at radius 3 is 2.00 bits per heavy atom. The molecule has 0 aliphatic rings. The third-order valence-electron chi connectivity index (χ3n) is 2.08. The Bertz CT molecular complexity index is 141. The Balaban J connectivity index is 4.04. The molecule has 0 spiro atoms. The van der Waals surface area contributed by atoms with Crippen LogP contribution >= 0.6 is 0 Å². The van der Waals surface area contributed by atoms with E-state index in [2.05, 4.69) is 27.7 Å². The highest BCUT2D eigenvalue weighted by atomic mass is 16.1. The number of nitrogens with two attached hydrogens (primary N) is 1. The van der Waals surface area contributed by atoms with E-state index in [0.717, 1.165) is 0 Å². The number of carbonyl (C=O) groups is 1. The molecule has 12 heavy (non-hydrogen) atoms. The summed E-state index contributed by atoms with van der Waals surface area (Å²) in [6, 6.07) is 0. The van der Waals surface area contributed by atoms with Gasteiger partial charge in [-0.2, -0.15) is 0 Å². The monoisotopic (exact) mass is 171 g/mol. The quantitative estimate of drug-likeness (QED) is 0.685. The minimum Gasteiger partial charge on any atom is -0.330 e. The molecule has 0 saturated heterocycles. The predicted octanol–water partition coefficient (Wildman–Crippen LogP) is 1.83. The van der Waals surface area contributed by atoms with E-state index in [1.54, 1.807) is 0 Å². The van der Waals surface area contributed by atoms with Crippen LogP contribution in [0.25, 0.3) is 0 Å². The first-order valence-corrected chi connectivity index (χ1v) is 4.71. The van der Waals surface area contributed by atoms with E-state index in [-0.39, 0.29) is 5.92 Å². The topological polar surface area (TPSA) is 43.1 Å². The highest BCUT2D eigenvalue weighted by Gasteiger charge is 2.20. The maximum absolute atomic E-state index is 11.5. The minimum absolute atomic E-state index is 0.0624. The van der Waals surface area contributed by atoms with Crippen molar-refractivity contribution < 1.29 is 4.79 Å². The first kappa shape index (κ1) is 11.6. The smallest absolute Gasteiger partial charge is 0.137 e. The molecule has 0 radical (unpaired) electrons. The summed E-state index contributed by atoms with van der Waals surface area (Å²) in [5.74, 6) is 1.21. The van der Waals surface area contributed by atoms with Crippen molar-refractivity contribution in [1.82, 2.24) is 0 Å². The van der Waals surface area contributed by atoms with Crippen molar-refractivity contribution in [2.45, 2.75) is 34.1 Å². The maximum Gasteiger partial charge on any atom is 0.137 e. The van der Waals surface area contributed by atoms with Gasteiger partial charge in [0.2, 0.25) is 0 Å². The molecule has 0 heterocycles. The zero-order valence-electron chi connectivity index (χ0n) is 8.63. The summed E-state index contributed by atoms with van der Waals surface area (Å²) < 4.78 is 0. The minimum atomic E-state index is 0.0624. The summed E-state index contributed by atoms with van der Waals surface area (Å²) in [7, 11) is 0. The SMILES string of the molecule is CC(C)CC(=O)C(CN)C(C)C. The number of hydrogen-bond acceptors (Lipinski definition) is 2. The highest BCUT2D eigenvalue weighted by Crippen LogP contribution is 2.15. The van der Waals surface area contributed by atoms with E-state index < -0.39 is 0 Å². The molecule has 0 fully saturated rings. The molecular weight excluding hydrogens is 150 g/mol. The summed E-state index contributed by atoms with van der Waals surface area (Å²) in [5, 5.41) is 0. The molecule has 0 saturated carbocycles. The number of carbonyl (C=O) groups excluding carboxylic acids is 1. The third kappa shape index (κ3) is 3.86. The Hall–Kier alpha value is -0.370. The maximum atomic E-state index is 11.5. The lowest BCUT2D eigenvalue weighted by atomic mass is 9.88. The first-order valence-electron chi connectivity index (χ1n) is 4.71. The van der Waals surface area contributed by atoms with Gasteiger partial charge in [-0.3, -0.25) is 4.79 Å². The Kier molecular flexibility index (Phi) is 5.14. The number of rotatable bonds is 5. The Morgan fingerprint density at radius 1 is 1.25 bits per heavy atom. The second kappa shape index (κ2) is 5.31. The Labute approximate surface area is 75.5 Å². The molecule has 0 aromatic carbocycles. The molecule has 1 unspecified atom stereocenters. The molecule has 1 atom stereocenters. The van der Waals surface area contributed by atoms with Gasteiger partial charge in [-0.15, -0.1) is 0 Å². The van der Waals surface area contributed by atoms with E-state index >= 15 is 0 Å². The fraction of sp³-hybridized carbons (Fsp3) is 0.900. The Morgan fingerprint density at radius 2 is 1.75 bits per heavy atom. The van der Waals surface area contributed by atoms with Gasteiger partial charge in [-0.25, -0.2) is 0 Å². The van der Waals surface area contributed by atoms with Gasteiger partial charge >= 0.3 is 0 Å². The van der Waals surface area contributed by atoms with Crippen molar-refractivity contribution in [1.29, 1.82) is 0 Å². The standard InChI is InChI=1S/C10H21NO/c1-7(2)5-10(12)9(6-11)8(3)4/h7-9H,5-6,11H2,1-4H3. The van der Waals surface area contributed by atoms with Crippen LogP contribution in [-0.2, 0) is 4.79 Å². The molecule has 2 heteroatoms. The second-order valence-corrected chi connectivity index (χ2v) is 4.15. The van der Waals surface area contributed by atoms with Crippen molar-refractivity contribution in [2.24, 2.45) is 23.5 Å². The molecule has 0 aromatic rings. The molecule has 0 amide bonds. The molecule has 0 aliphatic heterocycles. The van der Waals surface area contributed by atoms with Crippen LogP contribution in [0, 0.1) is 17.8 Å². The molecule has 2 N–H and O–H groups in total. The van der Waals surface area contributed by atoms with Gasteiger partial charge in [0, 0.05) is 18.9 Å². The fourth-order valence-electron chi connectivity index (χ4n) is 1.33. The van der Waals surface area contributed by atoms with Crippen LogP contribution in [0.2, 0.25) is 0 Å². The van der Waals surface area contributed by atoms with Crippen LogP contribution in [0.3, 0.4) is 0 Å². The summed E-state index contributed by atoms with van der Waals surface area (Å²) in [4.78, 5) is 11.5. The zero-order valence-corrected chi connectivity index (χ0v) is 8.63. The van der Waals surface area contributed by atoms with Crippen LogP contribution in [0.4, 0.5) is 0 Å². The number of ketones is 1. The van der Waals surface area contributed by atoms with E-state index in [4.69, 9.17) is 5.73 Å². The lowest BCUT2D eigenvalue weighted by Crippen LogP contribution is -2.29. The number of Topliss-reactive ketones (excluding diaryl/α,β-unsaturated/α-hetero) is 1. The summed E-state index contributed by atoms with van der Waals surface area (Å²) in [5.41, 5.74) is 5.53. The van der Waals surface area contributed by atoms with E-state index in [1.165, 1.54) is 0 Å². The molecular formula is C10H21NO.